The summed E-state index contributed by atoms with van der Waals surface area (Å²) in [5.41, 5.74) is 5.31. The molecule has 2 N–H and O–H groups in total. The number of nitrogens with one attached hydrogen (secondary N) is 2. The molecule has 3 rings (SSSR count). The van der Waals surface area contributed by atoms with E-state index >= 15 is 0 Å². The summed E-state index contributed by atoms with van der Waals surface area (Å²) in [5.74, 6) is 0. The summed E-state index contributed by atoms with van der Waals surface area (Å²) in [6.07, 6.45) is 0. The first-order valence-electron chi connectivity index (χ1n) is 6.66. The van der Waals surface area contributed by atoms with Crippen LogP contribution in [0.25, 0.3) is 10.9 Å². The highest BCUT2D eigenvalue weighted by Gasteiger charge is 2.22. The minimum atomic E-state index is 0.445. The molecule has 1 aromatic carbocycles. The van der Waals surface area contributed by atoms with Crippen LogP contribution in [0.15, 0.2) is 18.2 Å². The van der Waals surface area contributed by atoms with Crippen LogP contribution in [0.1, 0.15) is 22.9 Å². The number of fused-ring (bicyclic) bond motifs is 1. The van der Waals surface area contributed by atoms with E-state index in [2.05, 4.69) is 54.3 Å². The van der Waals surface area contributed by atoms with Crippen molar-refractivity contribution in [2.75, 3.05) is 26.7 Å². The van der Waals surface area contributed by atoms with E-state index in [1.807, 2.05) is 0 Å². The fraction of sp³-hybridized carbons (Fsp3) is 0.467. The Morgan fingerprint density at radius 3 is 2.89 bits per heavy atom. The first kappa shape index (κ1) is 11.8. The maximum Gasteiger partial charge on any atom is 0.0473 e. The summed E-state index contributed by atoms with van der Waals surface area (Å²) in [6.45, 7) is 7.61. The van der Waals surface area contributed by atoms with Crippen molar-refractivity contribution in [3.05, 3.63) is 35.0 Å². The fourth-order valence-electron chi connectivity index (χ4n) is 3.01. The van der Waals surface area contributed by atoms with Crippen molar-refractivity contribution in [1.82, 2.24) is 15.2 Å². The lowest BCUT2D eigenvalue weighted by Crippen LogP contribution is -2.43. The van der Waals surface area contributed by atoms with Gasteiger partial charge in [0.15, 0.2) is 0 Å². The minimum Gasteiger partial charge on any atom is -0.358 e. The lowest BCUT2D eigenvalue weighted by Gasteiger charge is -2.31. The van der Waals surface area contributed by atoms with Gasteiger partial charge in [0.25, 0.3) is 0 Å². The average Bonchev–Trinajstić information content (AvgIpc) is 2.64. The smallest absolute Gasteiger partial charge is 0.0473 e. The summed E-state index contributed by atoms with van der Waals surface area (Å²) < 4.78 is 0. The third kappa shape index (κ3) is 1.93. The Balaban J connectivity index is 2.07. The van der Waals surface area contributed by atoms with Crippen molar-refractivity contribution in [2.45, 2.75) is 19.9 Å². The molecule has 0 radical (unpaired) electrons. The average molecular weight is 243 g/mol. The van der Waals surface area contributed by atoms with E-state index in [9.17, 15) is 0 Å². The van der Waals surface area contributed by atoms with Crippen molar-refractivity contribution in [1.29, 1.82) is 0 Å². The zero-order valence-electron chi connectivity index (χ0n) is 11.4. The summed E-state index contributed by atoms with van der Waals surface area (Å²) in [7, 11) is 2.20. The predicted octanol–water partition coefficient (Wildman–Crippen LogP) is 2.36. The monoisotopic (exact) mass is 243 g/mol. The second-order valence-electron chi connectivity index (χ2n) is 5.48. The van der Waals surface area contributed by atoms with Gasteiger partial charge < -0.3 is 15.2 Å². The third-order valence-electron chi connectivity index (χ3n) is 3.92. The minimum absolute atomic E-state index is 0.445. The molecule has 1 atom stereocenters. The molecule has 2 aromatic rings. The summed E-state index contributed by atoms with van der Waals surface area (Å²) in [4.78, 5) is 5.92. The van der Waals surface area contributed by atoms with Crippen LogP contribution in [-0.2, 0) is 0 Å². The van der Waals surface area contributed by atoms with Gasteiger partial charge in [-0.05, 0) is 38.1 Å². The van der Waals surface area contributed by atoms with Crippen LogP contribution < -0.4 is 5.32 Å². The number of benzene rings is 1. The first-order chi connectivity index (χ1) is 8.65. The van der Waals surface area contributed by atoms with Crippen molar-refractivity contribution >= 4 is 10.9 Å². The van der Waals surface area contributed by atoms with Gasteiger partial charge >= 0.3 is 0 Å². The molecule has 18 heavy (non-hydrogen) atoms. The number of rotatable bonds is 1. The Bertz CT molecular complexity index is 570. The van der Waals surface area contributed by atoms with Gasteiger partial charge in [0.1, 0.15) is 0 Å². The molecule has 1 aliphatic rings. The second-order valence-corrected chi connectivity index (χ2v) is 5.48. The molecule has 0 aliphatic carbocycles. The number of likely N-dealkylation sites (N-methyl/N-ethyl adjacent to an activating group) is 1. The Morgan fingerprint density at radius 1 is 1.28 bits per heavy atom. The third-order valence-corrected chi connectivity index (χ3v) is 3.92. The van der Waals surface area contributed by atoms with Crippen LogP contribution in [0.2, 0.25) is 0 Å². The molecule has 1 aliphatic heterocycles. The summed E-state index contributed by atoms with van der Waals surface area (Å²) >= 11 is 0. The highest BCUT2D eigenvalue weighted by Crippen LogP contribution is 2.29. The number of aromatic amines is 1. The van der Waals surface area contributed by atoms with Crippen molar-refractivity contribution in [3.8, 4) is 0 Å². The summed E-state index contributed by atoms with van der Waals surface area (Å²) in [6, 6.07) is 7.13. The standard InChI is InChI=1S/C15H21N3/c1-10-4-5-12-13(8-10)17-11(2)15(12)14-9-18(3)7-6-16-14/h4-5,8,14,16-17H,6-7,9H2,1-3H3. The van der Waals surface area contributed by atoms with Crippen molar-refractivity contribution in [3.63, 3.8) is 0 Å². The van der Waals surface area contributed by atoms with Crippen molar-refractivity contribution < 1.29 is 0 Å². The van der Waals surface area contributed by atoms with Gasteiger partial charge in [-0.15, -0.1) is 0 Å². The molecule has 1 saturated heterocycles. The SMILES string of the molecule is Cc1ccc2c(C3CN(C)CCN3)c(C)[nH]c2c1. The van der Waals surface area contributed by atoms with Crippen LogP contribution in [0.3, 0.4) is 0 Å². The Hall–Kier alpha value is -1.32. The Kier molecular flexibility index (Phi) is 2.88. The molecule has 0 amide bonds. The van der Waals surface area contributed by atoms with Crippen LogP contribution in [0.5, 0.6) is 0 Å². The zero-order chi connectivity index (χ0) is 12.7. The Morgan fingerprint density at radius 2 is 2.11 bits per heavy atom. The van der Waals surface area contributed by atoms with Gasteiger partial charge in [-0.2, -0.15) is 0 Å². The van der Waals surface area contributed by atoms with Gasteiger partial charge in [0.2, 0.25) is 0 Å². The molecule has 0 saturated carbocycles. The number of aryl methyl sites for hydroxylation is 2. The molecule has 1 aromatic heterocycles. The lowest BCUT2D eigenvalue weighted by atomic mass is 10.0. The van der Waals surface area contributed by atoms with Crippen molar-refractivity contribution in [2.24, 2.45) is 0 Å². The van der Waals surface area contributed by atoms with Crippen LogP contribution in [-0.4, -0.2) is 36.6 Å². The largest absolute Gasteiger partial charge is 0.358 e. The molecule has 0 bridgehead atoms. The number of hydrogen-bond donors (Lipinski definition) is 2. The van der Waals surface area contributed by atoms with Gasteiger partial charge in [0.05, 0.1) is 0 Å². The highest BCUT2D eigenvalue weighted by molar-refractivity contribution is 5.85. The quantitative estimate of drug-likeness (QED) is 0.805. The van der Waals surface area contributed by atoms with Crippen LogP contribution in [0.4, 0.5) is 0 Å². The van der Waals surface area contributed by atoms with Gasteiger partial charge in [-0.1, -0.05) is 12.1 Å². The van der Waals surface area contributed by atoms with E-state index in [1.165, 1.54) is 27.7 Å². The molecular formula is C15H21N3. The molecular weight excluding hydrogens is 222 g/mol. The molecule has 3 nitrogen and oxygen atoms in total. The van der Waals surface area contributed by atoms with E-state index in [-0.39, 0.29) is 0 Å². The van der Waals surface area contributed by atoms with Gasteiger partial charge in [-0.3, -0.25) is 0 Å². The zero-order valence-corrected chi connectivity index (χ0v) is 11.4. The number of H-pyrrole nitrogens is 1. The topological polar surface area (TPSA) is 31.1 Å². The molecule has 96 valence electrons. The number of nitrogens with zero attached hydrogens (tertiary/aromatic N) is 1. The van der Waals surface area contributed by atoms with Crippen LogP contribution >= 0.6 is 0 Å². The van der Waals surface area contributed by atoms with E-state index < -0.39 is 0 Å². The normalized spacial score (nSPS) is 21.6. The fourth-order valence-corrected chi connectivity index (χ4v) is 3.01. The first-order valence-corrected chi connectivity index (χ1v) is 6.66. The molecule has 0 spiro atoms. The number of piperazine rings is 1. The predicted molar refractivity (Wildman–Crippen MR) is 76.0 cm³/mol. The van der Waals surface area contributed by atoms with Gasteiger partial charge in [-0.25, -0.2) is 0 Å². The maximum absolute atomic E-state index is 3.64. The van der Waals surface area contributed by atoms with Gasteiger partial charge in [0, 0.05) is 42.3 Å². The van der Waals surface area contributed by atoms with E-state index in [1.54, 1.807) is 0 Å². The van der Waals surface area contributed by atoms with E-state index in [0.717, 1.165) is 19.6 Å². The lowest BCUT2D eigenvalue weighted by molar-refractivity contribution is 0.241. The van der Waals surface area contributed by atoms with Crippen LogP contribution in [0, 0.1) is 13.8 Å². The maximum atomic E-state index is 3.64. The highest BCUT2D eigenvalue weighted by atomic mass is 15.2. The number of aromatic nitrogens is 1. The Labute approximate surface area is 108 Å². The second kappa shape index (κ2) is 4.41. The molecule has 3 heteroatoms. The van der Waals surface area contributed by atoms with E-state index in [4.69, 9.17) is 0 Å². The molecule has 2 heterocycles. The van der Waals surface area contributed by atoms with E-state index in [0.29, 0.717) is 6.04 Å². The molecule has 1 unspecified atom stereocenters. The summed E-state index contributed by atoms with van der Waals surface area (Å²) in [5, 5.41) is 5.00. The number of hydrogen-bond acceptors (Lipinski definition) is 2. The molecule has 1 fully saturated rings.